The van der Waals surface area contributed by atoms with Crippen molar-refractivity contribution in [2.75, 3.05) is 7.11 Å². The molecule has 4 aliphatic rings. The quantitative estimate of drug-likeness (QED) is 0.566. The van der Waals surface area contributed by atoms with Crippen molar-refractivity contribution in [2.24, 2.45) is 28.1 Å². The monoisotopic (exact) mass is 437 g/mol. The third kappa shape index (κ3) is 3.00. The van der Waals surface area contributed by atoms with E-state index < -0.39 is 0 Å². The highest BCUT2D eigenvalue weighted by molar-refractivity contribution is 5.80. The van der Waals surface area contributed by atoms with E-state index in [0.717, 1.165) is 45.1 Å². The van der Waals surface area contributed by atoms with E-state index in [1.807, 2.05) is 6.07 Å². The molecule has 4 heteroatoms. The van der Waals surface area contributed by atoms with Crippen LogP contribution in [0.5, 0.6) is 0 Å². The van der Waals surface area contributed by atoms with Crippen molar-refractivity contribution in [3.05, 3.63) is 35.9 Å². The SMILES string of the molecule is COC(=O)[C@]1(C)CCC[C@@]2(C)C3CC[C@@]4(C)C[C@]3(CCC21)CC(=O)N4Cc1ccccc1. The van der Waals surface area contributed by atoms with Crippen LogP contribution in [-0.2, 0) is 20.9 Å². The van der Waals surface area contributed by atoms with E-state index >= 15 is 0 Å². The fourth-order valence-corrected chi connectivity index (χ4v) is 9.16. The zero-order valence-electron chi connectivity index (χ0n) is 20.3. The average Bonchev–Trinajstić information content (AvgIpc) is 2.76. The third-order valence-electron chi connectivity index (χ3n) is 10.4. The summed E-state index contributed by atoms with van der Waals surface area (Å²) in [6.07, 6.45) is 9.32. The fraction of sp³-hybridized carbons (Fsp3) is 0.714. The van der Waals surface area contributed by atoms with Crippen LogP contribution < -0.4 is 0 Å². The minimum Gasteiger partial charge on any atom is -0.469 e. The zero-order valence-corrected chi connectivity index (χ0v) is 20.3. The molecule has 0 aromatic heterocycles. The van der Waals surface area contributed by atoms with Gasteiger partial charge in [-0.1, -0.05) is 43.7 Å². The molecule has 1 aromatic rings. The van der Waals surface area contributed by atoms with Crippen LogP contribution in [-0.4, -0.2) is 29.4 Å². The van der Waals surface area contributed by atoms with Crippen molar-refractivity contribution in [1.82, 2.24) is 4.90 Å². The van der Waals surface area contributed by atoms with Gasteiger partial charge in [0.05, 0.1) is 12.5 Å². The van der Waals surface area contributed by atoms with Crippen molar-refractivity contribution >= 4 is 11.9 Å². The fourth-order valence-electron chi connectivity index (χ4n) is 9.16. The van der Waals surface area contributed by atoms with Crippen LogP contribution in [0.25, 0.3) is 0 Å². The molecule has 0 N–H and O–H groups in total. The Hall–Kier alpha value is -1.84. The molecule has 6 atom stereocenters. The summed E-state index contributed by atoms with van der Waals surface area (Å²) in [6, 6.07) is 10.4. The Morgan fingerprint density at radius 1 is 1.03 bits per heavy atom. The third-order valence-corrected chi connectivity index (χ3v) is 10.4. The first kappa shape index (κ1) is 22.0. The number of rotatable bonds is 3. The van der Waals surface area contributed by atoms with Gasteiger partial charge in [0, 0.05) is 18.5 Å². The first-order valence-corrected chi connectivity index (χ1v) is 12.6. The Morgan fingerprint density at radius 2 is 1.75 bits per heavy atom. The highest BCUT2D eigenvalue weighted by Gasteiger charge is 2.67. The molecule has 174 valence electrons. The van der Waals surface area contributed by atoms with E-state index in [1.54, 1.807) is 0 Å². The lowest BCUT2D eigenvalue weighted by molar-refractivity contribution is -0.210. The molecule has 3 saturated carbocycles. The molecule has 1 heterocycles. The minimum atomic E-state index is -0.387. The Bertz CT molecular complexity index is 915. The van der Waals surface area contributed by atoms with E-state index in [0.29, 0.717) is 24.2 Å². The zero-order chi connectivity index (χ0) is 22.8. The van der Waals surface area contributed by atoms with E-state index in [9.17, 15) is 9.59 Å². The van der Waals surface area contributed by atoms with E-state index in [4.69, 9.17) is 4.74 Å². The van der Waals surface area contributed by atoms with Gasteiger partial charge in [-0.3, -0.25) is 9.59 Å². The molecule has 32 heavy (non-hydrogen) atoms. The molecule has 4 nitrogen and oxygen atoms in total. The topological polar surface area (TPSA) is 46.6 Å². The van der Waals surface area contributed by atoms with Gasteiger partial charge in [-0.2, -0.15) is 0 Å². The molecule has 1 aromatic carbocycles. The molecule has 2 bridgehead atoms. The normalized spacial score (nSPS) is 43.2. The molecule has 3 aliphatic carbocycles. The number of carbonyl (C=O) groups is 2. The van der Waals surface area contributed by atoms with Crippen molar-refractivity contribution in [2.45, 2.75) is 90.6 Å². The molecule has 0 radical (unpaired) electrons. The maximum Gasteiger partial charge on any atom is 0.311 e. The number of likely N-dealkylation sites (tertiary alicyclic amines) is 1. The van der Waals surface area contributed by atoms with Gasteiger partial charge in [0.25, 0.3) is 0 Å². The second-order valence-electron chi connectivity index (χ2n) is 12.1. The number of ether oxygens (including phenoxy) is 1. The number of carbonyl (C=O) groups excluding carboxylic acids is 2. The second kappa shape index (κ2) is 7.33. The Morgan fingerprint density at radius 3 is 2.47 bits per heavy atom. The molecular weight excluding hydrogens is 398 g/mol. The summed E-state index contributed by atoms with van der Waals surface area (Å²) >= 11 is 0. The summed E-state index contributed by atoms with van der Waals surface area (Å²) in [5.74, 6) is 1.18. The summed E-state index contributed by atoms with van der Waals surface area (Å²) in [4.78, 5) is 28.8. The smallest absolute Gasteiger partial charge is 0.311 e. The lowest BCUT2D eigenvalue weighted by Crippen LogP contribution is -2.67. The maximum atomic E-state index is 13.7. The molecule has 2 unspecified atom stereocenters. The highest BCUT2D eigenvalue weighted by atomic mass is 16.5. The van der Waals surface area contributed by atoms with Gasteiger partial charge in [-0.05, 0) is 87.0 Å². The Kier molecular flexibility index (Phi) is 5.04. The largest absolute Gasteiger partial charge is 0.469 e. The lowest BCUT2D eigenvalue weighted by Gasteiger charge is -2.69. The number of piperidine rings is 1. The standard InChI is InChI=1S/C28H39NO3/c1-25-15-11-22-26(2)13-8-14-27(3,24(31)32-4)21(26)12-16-28(22,19-25)17-23(30)29(25)18-20-9-6-5-7-10-20/h5-7,9-10,21-22H,8,11-19H2,1-4H3/t21?,22?,25-,26+,27+,28-/m0/s1. The molecule has 1 aliphatic heterocycles. The summed E-state index contributed by atoms with van der Waals surface area (Å²) in [6.45, 7) is 7.66. The maximum absolute atomic E-state index is 13.7. The summed E-state index contributed by atoms with van der Waals surface area (Å²) in [5.41, 5.74) is 0.976. The molecule has 4 fully saturated rings. The number of hydrogen-bond acceptors (Lipinski definition) is 3. The number of methoxy groups -OCH3 is 1. The van der Waals surface area contributed by atoms with Crippen molar-refractivity contribution in [3.8, 4) is 0 Å². The van der Waals surface area contributed by atoms with Crippen LogP contribution in [0.2, 0.25) is 0 Å². The molecule has 1 spiro atoms. The highest BCUT2D eigenvalue weighted by Crippen LogP contribution is 2.71. The second-order valence-corrected chi connectivity index (χ2v) is 12.1. The predicted molar refractivity (Wildman–Crippen MR) is 125 cm³/mol. The van der Waals surface area contributed by atoms with Gasteiger partial charge >= 0.3 is 5.97 Å². The molecule has 5 rings (SSSR count). The summed E-state index contributed by atoms with van der Waals surface area (Å²) in [7, 11) is 1.54. The number of hydrogen-bond donors (Lipinski definition) is 0. The van der Waals surface area contributed by atoms with Gasteiger partial charge in [0.2, 0.25) is 5.91 Å². The summed E-state index contributed by atoms with van der Waals surface area (Å²) in [5, 5.41) is 0. The van der Waals surface area contributed by atoms with Crippen molar-refractivity contribution in [1.29, 1.82) is 0 Å². The number of esters is 1. The van der Waals surface area contributed by atoms with Crippen LogP contribution in [0, 0.1) is 28.1 Å². The van der Waals surface area contributed by atoms with Crippen LogP contribution in [0.1, 0.15) is 84.1 Å². The predicted octanol–water partition coefficient (Wildman–Crippen LogP) is 5.74. The van der Waals surface area contributed by atoms with Crippen molar-refractivity contribution < 1.29 is 14.3 Å². The van der Waals surface area contributed by atoms with Gasteiger partial charge in [-0.25, -0.2) is 0 Å². The van der Waals surface area contributed by atoms with Gasteiger partial charge < -0.3 is 9.64 Å². The van der Waals surface area contributed by atoms with E-state index in [2.05, 4.69) is 49.9 Å². The van der Waals surface area contributed by atoms with Crippen LogP contribution in [0.4, 0.5) is 0 Å². The molecule has 1 amide bonds. The van der Waals surface area contributed by atoms with Crippen LogP contribution >= 0.6 is 0 Å². The van der Waals surface area contributed by atoms with E-state index in [1.165, 1.54) is 25.5 Å². The lowest BCUT2D eigenvalue weighted by atomic mass is 9.38. The summed E-state index contributed by atoms with van der Waals surface area (Å²) < 4.78 is 5.31. The number of fused-ring (bicyclic) bond motifs is 3. The van der Waals surface area contributed by atoms with Gasteiger partial charge in [0.15, 0.2) is 0 Å². The Balaban J connectivity index is 1.46. The average molecular weight is 438 g/mol. The van der Waals surface area contributed by atoms with Gasteiger partial charge in [-0.15, -0.1) is 0 Å². The van der Waals surface area contributed by atoms with Gasteiger partial charge in [0.1, 0.15) is 0 Å². The van der Waals surface area contributed by atoms with Crippen molar-refractivity contribution in [3.63, 3.8) is 0 Å². The minimum absolute atomic E-state index is 0.0289. The molecule has 1 saturated heterocycles. The molecular formula is C28H39NO3. The first-order chi connectivity index (χ1) is 15.2. The van der Waals surface area contributed by atoms with E-state index in [-0.39, 0.29) is 27.8 Å². The number of amides is 1. The first-order valence-electron chi connectivity index (χ1n) is 12.6. The van der Waals surface area contributed by atoms with Crippen LogP contribution in [0.15, 0.2) is 30.3 Å². The number of benzene rings is 1. The Labute approximate surface area is 193 Å². The number of nitrogens with zero attached hydrogens (tertiary/aromatic N) is 1. The van der Waals surface area contributed by atoms with Crippen LogP contribution in [0.3, 0.4) is 0 Å².